The number of furan rings is 1. The van der Waals surface area contributed by atoms with Gasteiger partial charge in [-0.25, -0.2) is 4.98 Å². The first kappa shape index (κ1) is 17.5. The van der Waals surface area contributed by atoms with E-state index in [1.54, 1.807) is 29.6 Å². The largest absolute Gasteiger partial charge is 0.453 e. The second-order valence-electron chi connectivity index (χ2n) is 6.78. The first-order valence-corrected chi connectivity index (χ1v) is 8.98. The summed E-state index contributed by atoms with van der Waals surface area (Å²) >= 11 is 0. The maximum atomic E-state index is 12.7. The number of rotatable bonds is 5. The lowest BCUT2D eigenvalue weighted by Gasteiger charge is -2.31. The molecule has 0 radical (unpaired) electrons. The van der Waals surface area contributed by atoms with Crippen LogP contribution in [0, 0.1) is 0 Å². The van der Waals surface area contributed by atoms with E-state index in [-0.39, 0.29) is 24.2 Å². The van der Waals surface area contributed by atoms with E-state index in [1.165, 1.54) is 0 Å². The normalized spacial score (nSPS) is 17.4. The van der Waals surface area contributed by atoms with E-state index in [1.807, 2.05) is 22.4 Å². The topological polar surface area (TPSA) is 102 Å². The van der Waals surface area contributed by atoms with Crippen LogP contribution in [0.3, 0.4) is 0 Å². The highest BCUT2D eigenvalue weighted by Crippen LogP contribution is 2.27. The predicted octanol–water partition coefficient (Wildman–Crippen LogP) is 1.17. The minimum atomic E-state index is -0.214. The van der Waals surface area contributed by atoms with E-state index in [0.717, 1.165) is 24.5 Å². The van der Waals surface area contributed by atoms with Crippen LogP contribution >= 0.6 is 0 Å². The summed E-state index contributed by atoms with van der Waals surface area (Å²) in [5.74, 6) is 2.37. The third kappa shape index (κ3) is 3.50. The van der Waals surface area contributed by atoms with Crippen molar-refractivity contribution in [3.05, 3.63) is 54.0 Å². The summed E-state index contributed by atoms with van der Waals surface area (Å²) < 4.78 is 9.35. The van der Waals surface area contributed by atoms with E-state index in [2.05, 4.69) is 15.2 Å². The molecule has 3 aromatic rings. The van der Waals surface area contributed by atoms with Crippen molar-refractivity contribution in [2.45, 2.75) is 31.9 Å². The number of piperidine rings is 1. The number of aliphatic hydroxyl groups is 1. The van der Waals surface area contributed by atoms with E-state index in [4.69, 9.17) is 9.52 Å². The summed E-state index contributed by atoms with van der Waals surface area (Å²) in [4.78, 5) is 18.5. The standard InChI is InChI=1S/C18H22N6O3/c1-22-16(10-23-8-6-19-12-23)20-21-17(22)13-3-2-7-24(9-13)18(26)15-5-4-14(11-25)27-15/h4-6,8,12-13,25H,2-3,7,9-11H2,1H3/t13-/m1/s1. The number of carbonyl (C=O) groups is 1. The highest BCUT2D eigenvalue weighted by molar-refractivity contribution is 5.91. The molecule has 4 heterocycles. The first-order valence-electron chi connectivity index (χ1n) is 8.98. The molecular weight excluding hydrogens is 348 g/mol. The number of aromatic nitrogens is 5. The van der Waals surface area contributed by atoms with Crippen LogP contribution in [0.4, 0.5) is 0 Å². The van der Waals surface area contributed by atoms with Gasteiger partial charge in [-0.2, -0.15) is 0 Å². The van der Waals surface area contributed by atoms with E-state index in [0.29, 0.717) is 25.4 Å². The van der Waals surface area contributed by atoms with Gasteiger partial charge in [0.05, 0.1) is 12.9 Å². The quantitative estimate of drug-likeness (QED) is 0.723. The molecule has 0 saturated carbocycles. The van der Waals surface area contributed by atoms with Gasteiger partial charge in [0, 0.05) is 38.4 Å². The van der Waals surface area contributed by atoms with Gasteiger partial charge in [0.25, 0.3) is 5.91 Å². The number of hydrogen-bond acceptors (Lipinski definition) is 6. The van der Waals surface area contributed by atoms with Gasteiger partial charge in [-0.05, 0) is 25.0 Å². The average molecular weight is 370 g/mol. The molecule has 9 nitrogen and oxygen atoms in total. The Morgan fingerprint density at radius 2 is 2.26 bits per heavy atom. The van der Waals surface area contributed by atoms with Crippen molar-refractivity contribution in [1.29, 1.82) is 0 Å². The minimum Gasteiger partial charge on any atom is -0.453 e. The molecule has 0 bridgehead atoms. The third-order valence-corrected chi connectivity index (χ3v) is 4.98. The molecule has 4 rings (SSSR count). The minimum absolute atomic E-state index is 0.129. The third-order valence-electron chi connectivity index (χ3n) is 4.98. The van der Waals surface area contributed by atoms with E-state index < -0.39 is 0 Å². The zero-order chi connectivity index (χ0) is 18.8. The van der Waals surface area contributed by atoms with Gasteiger partial charge in [-0.15, -0.1) is 10.2 Å². The molecule has 1 amide bonds. The smallest absolute Gasteiger partial charge is 0.289 e. The fourth-order valence-electron chi connectivity index (χ4n) is 3.52. The molecule has 1 saturated heterocycles. The van der Waals surface area contributed by atoms with Crippen LogP contribution in [0.1, 0.15) is 46.7 Å². The summed E-state index contributed by atoms with van der Waals surface area (Å²) in [5.41, 5.74) is 0. The maximum Gasteiger partial charge on any atom is 0.289 e. The monoisotopic (exact) mass is 370 g/mol. The summed E-state index contributed by atoms with van der Waals surface area (Å²) in [6, 6.07) is 3.24. The van der Waals surface area contributed by atoms with Crippen LogP contribution in [0.25, 0.3) is 0 Å². The average Bonchev–Trinajstić information content (AvgIpc) is 3.44. The van der Waals surface area contributed by atoms with Gasteiger partial charge in [-0.1, -0.05) is 0 Å². The molecule has 3 aromatic heterocycles. The Morgan fingerprint density at radius 1 is 1.37 bits per heavy atom. The second-order valence-corrected chi connectivity index (χ2v) is 6.78. The van der Waals surface area contributed by atoms with Crippen molar-refractivity contribution in [3.8, 4) is 0 Å². The number of carbonyl (C=O) groups excluding carboxylic acids is 1. The number of likely N-dealkylation sites (tertiary alicyclic amines) is 1. The molecule has 1 fully saturated rings. The highest BCUT2D eigenvalue weighted by Gasteiger charge is 2.30. The SMILES string of the molecule is Cn1c(Cn2ccnc2)nnc1[C@@H]1CCCN(C(=O)c2ccc(CO)o2)C1. The number of imidazole rings is 1. The molecule has 0 aromatic carbocycles. The van der Waals surface area contributed by atoms with E-state index in [9.17, 15) is 4.79 Å². The molecular formula is C18H22N6O3. The molecule has 0 unspecified atom stereocenters. The zero-order valence-corrected chi connectivity index (χ0v) is 15.2. The van der Waals surface area contributed by atoms with Crippen LogP contribution in [-0.4, -0.2) is 53.3 Å². The van der Waals surface area contributed by atoms with Crippen LogP contribution in [0.15, 0.2) is 35.3 Å². The van der Waals surface area contributed by atoms with Gasteiger partial charge >= 0.3 is 0 Å². The van der Waals surface area contributed by atoms with Gasteiger partial charge < -0.3 is 23.6 Å². The lowest BCUT2D eigenvalue weighted by Crippen LogP contribution is -2.39. The number of aliphatic hydroxyl groups excluding tert-OH is 1. The second kappa shape index (κ2) is 7.36. The lowest BCUT2D eigenvalue weighted by atomic mass is 9.97. The first-order chi connectivity index (χ1) is 13.2. The Bertz CT molecular complexity index is 914. The molecule has 1 aliphatic heterocycles. The maximum absolute atomic E-state index is 12.7. The number of amides is 1. The summed E-state index contributed by atoms with van der Waals surface area (Å²) in [5, 5.41) is 17.8. The Morgan fingerprint density at radius 3 is 3.00 bits per heavy atom. The molecule has 0 aliphatic carbocycles. The van der Waals surface area contributed by atoms with Gasteiger partial charge in [0.1, 0.15) is 18.2 Å². The van der Waals surface area contributed by atoms with Gasteiger partial charge in [-0.3, -0.25) is 4.79 Å². The van der Waals surface area contributed by atoms with Crippen LogP contribution < -0.4 is 0 Å². The zero-order valence-electron chi connectivity index (χ0n) is 15.2. The Kier molecular flexibility index (Phi) is 4.76. The van der Waals surface area contributed by atoms with Crippen molar-refractivity contribution < 1.29 is 14.3 Å². The summed E-state index contributed by atoms with van der Waals surface area (Å²) in [7, 11) is 1.96. The fourth-order valence-corrected chi connectivity index (χ4v) is 3.52. The highest BCUT2D eigenvalue weighted by atomic mass is 16.4. The molecule has 1 aliphatic rings. The van der Waals surface area contributed by atoms with E-state index >= 15 is 0 Å². The molecule has 142 valence electrons. The molecule has 9 heteroatoms. The molecule has 0 spiro atoms. The van der Waals surface area contributed by atoms with Crippen molar-refractivity contribution in [2.75, 3.05) is 13.1 Å². The van der Waals surface area contributed by atoms with Crippen molar-refractivity contribution >= 4 is 5.91 Å². The van der Waals surface area contributed by atoms with Crippen LogP contribution in [0.5, 0.6) is 0 Å². The van der Waals surface area contributed by atoms with Crippen molar-refractivity contribution in [1.82, 2.24) is 29.2 Å². The molecule has 1 N–H and O–H groups in total. The van der Waals surface area contributed by atoms with Gasteiger partial charge in [0.2, 0.25) is 0 Å². The van der Waals surface area contributed by atoms with Crippen molar-refractivity contribution in [2.24, 2.45) is 7.05 Å². The lowest BCUT2D eigenvalue weighted by molar-refractivity contribution is 0.0666. The summed E-state index contributed by atoms with van der Waals surface area (Å²) in [6.07, 6.45) is 7.23. The molecule has 1 atom stereocenters. The predicted molar refractivity (Wildman–Crippen MR) is 94.8 cm³/mol. The van der Waals surface area contributed by atoms with Crippen molar-refractivity contribution in [3.63, 3.8) is 0 Å². The van der Waals surface area contributed by atoms with Crippen LogP contribution in [0.2, 0.25) is 0 Å². The number of hydrogen-bond donors (Lipinski definition) is 1. The Balaban J connectivity index is 1.48. The van der Waals surface area contributed by atoms with Crippen LogP contribution in [-0.2, 0) is 20.2 Å². The molecule has 27 heavy (non-hydrogen) atoms. The Hall–Kier alpha value is -2.94. The Labute approximate surface area is 156 Å². The van der Waals surface area contributed by atoms with Gasteiger partial charge in [0.15, 0.2) is 11.6 Å². The fraction of sp³-hybridized carbons (Fsp3) is 0.444. The summed E-state index contributed by atoms with van der Waals surface area (Å²) in [6.45, 7) is 1.65. The number of nitrogens with zero attached hydrogens (tertiary/aromatic N) is 6.